The summed E-state index contributed by atoms with van der Waals surface area (Å²) in [7, 11) is 0. The average molecular weight is 292 g/mol. The Bertz CT molecular complexity index is 572. The van der Waals surface area contributed by atoms with E-state index in [2.05, 4.69) is 4.98 Å². The van der Waals surface area contributed by atoms with E-state index >= 15 is 0 Å². The Morgan fingerprint density at radius 3 is 2.43 bits per heavy atom. The summed E-state index contributed by atoms with van der Waals surface area (Å²) in [5, 5.41) is 18.6. The van der Waals surface area contributed by atoms with Gasteiger partial charge in [0.05, 0.1) is 11.6 Å². The van der Waals surface area contributed by atoms with Crippen molar-refractivity contribution in [2.45, 2.75) is 57.4 Å². The minimum absolute atomic E-state index is 0.124. The van der Waals surface area contributed by atoms with Gasteiger partial charge in [0, 0.05) is 12.5 Å². The van der Waals surface area contributed by atoms with Gasteiger partial charge < -0.3 is 14.8 Å². The second-order valence-corrected chi connectivity index (χ2v) is 6.09. The van der Waals surface area contributed by atoms with E-state index in [1.54, 1.807) is 0 Å². The van der Waals surface area contributed by atoms with Gasteiger partial charge in [0.15, 0.2) is 5.69 Å². The highest BCUT2D eigenvalue weighted by atomic mass is 16.4. The van der Waals surface area contributed by atoms with E-state index in [0.29, 0.717) is 25.1 Å². The number of aliphatic carboxylic acids is 1. The number of imidazole rings is 1. The summed E-state index contributed by atoms with van der Waals surface area (Å²) in [4.78, 5) is 27.0. The molecule has 6 nitrogen and oxygen atoms in total. The number of hydrogen-bond donors (Lipinski definition) is 2. The minimum Gasteiger partial charge on any atom is -0.481 e. The third kappa shape index (κ3) is 2.54. The molecule has 1 atom stereocenters. The van der Waals surface area contributed by atoms with E-state index in [1.165, 1.54) is 6.42 Å². The largest absolute Gasteiger partial charge is 0.481 e. The maximum Gasteiger partial charge on any atom is 0.356 e. The zero-order valence-corrected chi connectivity index (χ0v) is 11.9. The van der Waals surface area contributed by atoms with E-state index < -0.39 is 17.9 Å². The molecule has 0 saturated heterocycles. The molecule has 1 aliphatic heterocycles. The van der Waals surface area contributed by atoms with E-state index in [0.717, 1.165) is 31.5 Å². The standard InChI is InChI=1S/C15H20N2O4/c18-14(19)10-6-7-11-12(15(20)21)16-13(17(11)8-10)9-4-2-1-3-5-9/h9-10H,1-8H2,(H,18,19)(H,20,21). The molecular formula is C15H20N2O4. The topological polar surface area (TPSA) is 92.4 Å². The first-order valence-corrected chi connectivity index (χ1v) is 7.63. The van der Waals surface area contributed by atoms with Gasteiger partial charge in [0.25, 0.3) is 0 Å². The van der Waals surface area contributed by atoms with Gasteiger partial charge in [-0.3, -0.25) is 4.79 Å². The molecule has 1 aromatic rings. The van der Waals surface area contributed by atoms with Crippen molar-refractivity contribution in [1.29, 1.82) is 0 Å². The molecule has 1 fully saturated rings. The number of aromatic carboxylic acids is 1. The molecule has 2 N–H and O–H groups in total. The number of rotatable bonds is 3. The molecule has 21 heavy (non-hydrogen) atoms. The zero-order valence-electron chi connectivity index (χ0n) is 11.9. The third-order valence-corrected chi connectivity index (χ3v) is 4.76. The van der Waals surface area contributed by atoms with Crippen molar-refractivity contribution in [3.8, 4) is 0 Å². The first-order chi connectivity index (χ1) is 10.1. The van der Waals surface area contributed by atoms with Crippen LogP contribution in [-0.2, 0) is 17.8 Å². The number of nitrogens with zero attached hydrogens (tertiary/aromatic N) is 2. The van der Waals surface area contributed by atoms with Crippen LogP contribution in [-0.4, -0.2) is 31.7 Å². The van der Waals surface area contributed by atoms with Gasteiger partial charge in [0.2, 0.25) is 0 Å². The lowest BCUT2D eigenvalue weighted by Gasteiger charge is -2.27. The molecule has 114 valence electrons. The molecule has 3 rings (SSSR count). The fourth-order valence-electron chi connectivity index (χ4n) is 3.63. The maximum absolute atomic E-state index is 11.4. The Morgan fingerprint density at radius 1 is 1.10 bits per heavy atom. The molecule has 1 unspecified atom stereocenters. The van der Waals surface area contributed by atoms with Crippen molar-refractivity contribution in [1.82, 2.24) is 9.55 Å². The van der Waals surface area contributed by atoms with Crippen LogP contribution < -0.4 is 0 Å². The number of carboxylic acids is 2. The van der Waals surface area contributed by atoms with Crippen molar-refractivity contribution in [3.63, 3.8) is 0 Å². The first kappa shape index (κ1) is 14.1. The summed E-state index contributed by atoms with van der Waals surface area (Å²) in [6.07, 6.45) is 6.51. The molecular weight excluding hydrogens is 272 g/mol. The normalized spacial score (nSPS) is 22.8. The Morgan fingerprint density at radius 2 is 1.81 bits per heavy atom. The van der Waals surface area contributed by atoms with E-state index in [-0.39, 0.29) is 11.6 Å². The summed E-state index contributed by atoms with van der Waals surface area (Å²) in [5.41, 5.74) is 0.833. The predicted molar refractivity (Wildman–Crippen MR) is 74.5 cm³/mol. The summed E-state index contributed by atoms with van der Waals surface area (Å²) >= 11 is 0. The van der Waals surface area contributed by atoms with Gasteiger partial charge in [0.1, 0.15) is 5.82 Å². The quantitative estimate of drug-likeness (QED) is 0.891. The van der Waals surface area contributed by atoms with E-state index in [9.17, 15) is 19.8 Å². The van der Waals surface area contributed by atoms with Crippen LogP contribution in [0.25, 0.3) is 0 Å². The van der Waals surface area contributed by atoms with E-state index in [4.69, 9.17) is 0 Å². The summed E-state index contributed by atoms with van der Waals surface area (Å²) in [5.74, 6) is -1.17. The van der Waals surface area contributed by atoms with Gasteiger partial charge in [-0.1, -0.05) is 19.3 Å². The maximum atomic E-state index is 11.4. The van der Waals surface area contributed by atoms with Gasteiger partial charge in [-0.15, -0.1) is 0 Å². The van der Waals surface area contributed by atoms with Crippen LogP contribution in [0.5, 0.6) is 0 Å². The second-order valence-electron chi connectivity index (χ2n) is 6.09. The summed E-state index contributed by atoms with van der Waals surface area (Å²) in [6.45, 7) is 0.358. The molecule has 0 amide bonds. The van der Waals surface area contributed by atoms with Gasteiger partial charge >= 0.3 is 11.9 Å². The molecule has 0 aromatic carbocycles. The first-order valence-electron chi connectivity index (χ1n) is 7.63. The Labute approximate surface area is 122 Å². The molecule has 0 radical (unpaired) electrons. The van der Waals surface area contributed by atoms with Crippen LogP contribution in [0.4, 0.5) is 0 Å². The van der Waals surface area contributed by atoms with Crippen molar-refractivity contribution in [3.05, 3.63) is 17.2 Å². The number of carbonyl (C=O) groups is 2. The average Bonchev–Trinajstić information content (AvgIpc) is 2.87. The number of fused-ring (bicyclic) bond motifs is 1. The lowest BCUT2D eigenvalue weighted by atomic mass is 9.88. The van der Waals surface area contributed by atoms with Gasteiger partial charge in [-0.25, -0.2) is 9.78 Å². The van der Waals surface area contributed by atoms with Crippen LogP contribution in [0.15, 0.2) is 0 Å². The lowest BCUT2D eigenvalue weighted by molar-refractivity contribution is -0.142. The highest BCUT2D eigenvalue weighted by molar-refractivity contribution is 5.87. The van der Waals surface area contributed by atoms with Crippen LogP contribution >= 0.6 is 0 Å². The second kappa shape index (κ2) is 5.50. The highest BCUT2D eigenvalue weighted by Gasteiger charge is 2.33. The molecule has 2 heterocycles. The zero-order chi connectivity index (χ0) is 15.0. The van der Waals surface area contributed by atoms with Gasteiger partial charge in [-0.05, 0) is 25.7 Å². The highest BCUT2D eigenvalue weighted by Crippen LogP contribution is 2.35. The summed E-state index contributed by atoms with van der Waals surface area (Å²) < 4.78 is 1.89. The van der Waals surface area contributed by atoms with Crippen LogP contribution in [0.1, 0.15) is 66.4 Å². The Hall–Kier alpha value is -1.85. The molecule has 0 bridgehead atoms. The van der Waals surface area contributed by atoms with Crippen molar-refractivity contribution in [2.75, 3.05) is 0 Å². The smallest absolute Gasteiger partial charge is 0.356 e. The van der Waals surface area contributed by atoms with Crippen LogP contribution in [0.3, 0.4) is 0 Å². The molecule has 6 heteroatoms. The number of aromatic nitrogens is 2. The van der Waals surface area contributed by atoms with Crippen molar-refractivity contribution >= 4 is 11.9 Å². The molecule has 1 aliphatic carbocycles. The lowest BCUT2D eigenvalue weighted by Crippen LogP contribution is -2.28. The van der Waals surface area contributed by atoms with Crippen LogP contribution in [0, 0.1) is 5.92 Å². The molecule has 1 saturated carbocycles. The Kier molecular flexibility index (Phi) is 3.69. The summed E-state index contributed by atoms with van der Waals surface area (Å²) in [6, 6.07) is 0. The Balaban J connectivity index is 1.99. The molecule has 1 aromatic heterocycles. The van der Waals surface area contributed by atoms with Gasteiger partial charge in [-0.2, -0.15) is 0 Å². The fourth-order valence-corrected chi connectivity index (χ4v) is 3.63. The fraction of sp³-hybridized carbons (Fsp3) is 0.667. The third-order valence-electron chi connectivity index (χ3n) is 4.76. The molecule has 2 aliphatic rings. The SMILES string of the molecule is O=C(O)c1nc(C2CCCCC2)n2c1CCC(C(=O)O)C2. The van der Waals surface area contributed by atoms with Crippen molar-refractivity contribution in [2.24, 2.45) is 5.92 Å². The monoisotopic (exact) mass is 292 g/mol. The number of hydrogen-bond acceptors (Lipinski definition) is 3. The predicted octanol–water partition coefficient (Wildman–Crippen LogP) is 2.28. The number of carboxylic acid groups (broad SMARTS) is 2. The van der Waals surface area contributed by atoms with Crippen molar-refractivity contribution < 1.29 is 19.8 Å². The van der Waals surface area contributed by atoms with E-state index in [1.807, 2.05) is 4.57 Å². The van der Waals surface area contributed by atoms with Crippen LogP contribution in [0.2, 0.25) is 0 Å². The molecule has 0 spiro atoms. The minimum atomic E-state index is -1.01.